The van der Waals surface area contributed by atoms with Crippen LogP contribution >= 0.6 is 0 Å². The van der Waals surface area contributed by atoms with E-state index >= 15 is 0 Å². The lowest BCUT2D eigenvalue weighted by molar-refractivity contribution is -0.137. The van der Waals surface area contributed by atoms with Crippen LogP contribution < -0.4 is 0 Å². The minimum atomic E-state index is -4.57. The molecule has 0 nitrogen and oxygen atoms in total. The zero-order valence-electron chi connectivity index (χ0n) is 11.7. The Kier molecular flexibility index (Phi) is 4.66. The fraction of sp³-hybridized carbons (Fsp3) is 0.294. The zero-order valence-corrected chi connectivity index (χ0v) is 11.7. The molecule has 0 radical (unpaired) electrons. The first kappa shape index (κ1) is 15.5. The van der Waals surface area contributed by atoms with Crippen molar-refractivity contribution in [3.8, 4) is 11.1 Å². The van der Waals surface area contributed by atoms with Crippen molar-refractivity contribution in [3.05, 3.63) is 59.4 Å². The van der Waals surface area contributed by atoms with Crippen molar-refractivity contribution in [2.45, 2.75) is 32.4 Å². The van der Waals surface area contributed by atoms with Crippen LogP contribution in [0.3, 0.4) is 0 Å². The molecule has 0 heterocycles. The molecular weight excluding hydrogens is 280 g/mol. The summed E-state index contributed by atoms with van der Waals surface area (Å²) in [7, 11) is 0. The lowest BCUT2D eigenvalue weighted by Gasteiger charge is -2.16. The number of aryl methyl sites for hydroxylation is 1. The van der Waals surface area contributed by atoms with E-state index in [-0.39, 0.29) is 5.56 Å². The number of alkyl halides is 3. The molecule has 0 spiro atoms. The molecule has 112 valence electrons. The van der Waals surface area contributed by atoms with Crippen molar-refractivity contribution in [1.29, 1.82) is 0 Å². The van der Waals surface area contributed by atoms with Crippen LogP contribution in [-0.4, -0.2) is 0 Å². The SMILES string of the molecule is CCCCc1ccccc1-c1ccc(F)cc1C(F)(F)F. The van der Waals surface area contributed by atoms with Crippen LogP contribution in [0.5, 0.6) is 0 Å². The molecule has 21 heavy (non-hydrogen) atoms. The molecule has 0 amide bonds. The fourth-order valence-electron chi connectivity index (χ4n) is 2.35. The Labute approximate surface area is 121 Å². The molecule has 0 saturated heterocycles. The predicted octanol–water partition coefficient (Wildman–Crippen LogP) is 5.85. The van der Waals surface area contributed by atoms with Gasteiger partial charge in [0, 0.05) is 0 Å². The van der Waals surface area contributed by atoms with Crippen molar-refractivity contribution >= 4 is 0 Å². The van der Waals surface area contributed by atoms with Crippen molar-refractivity contribution in [2.75, 3.05) is 0 Å². The molecule has 0 aromatic heterocycles. The molecule has 2 rings (SSSR count). The molecule has 0 aliphatic heterocycles. The van der Waals surface area contributed by atoms with Gasteiger partial charge in [0.25, 0.3) is 0 Å². The summed E-state index contributed by atoms with van der Waals surface area (Å²) in [5.41, 5.74) is 0.497. The van der Waals surface area contributed by atoms with Gasteiger partial charge in [-0.2, -0.15) is 13.2 Å². The highest BCUT2D eigenvalue weighted by molar-refractivity contribution is 5.71. The Morgan fingerprint density at radius 3 is 2.33 bits per heavy atom. The Morgan fingerprint density at radius 1 is 0.952 bits per heavy atom. The average molecular weight is 296 g/mol. The summed E-state index contributed by atoms with van der Waals surface area (Å²) in [4.78, 5) is 0. The van der Waals surface area contributed by atoms with Crippen LogP contribution in [0.4, 0.5) is 17.6 Å². The van der Waals surface area contributed by atoms with E-state index in [0.717, 1.165) is 24.5 Å². The van der Waals surface area contributed by atoms with Gasteiger partial charge in [-0.1, -0.05) is 43.7 Å². The molecule has 0 atom stereocenters. The number of unbranched alkanes of at least 4 members (excludes halogenated alkanes) is 1. The highest BCUT2D eigenvalue weighted by atomic mass is 19.4. The quantitative estimate of drug-likeness (QED) is 0.620. The van der Waals surface area contributed by atoms with Gasteiger partial charge in [0.05, 0.1) is 5.56 Å². The Morgan fingerprint density at radius 2 is 1.67 bits per heavy atom. The smallest absolute Gasteiger partial charge is 0.207 e. The molecule has 0 aliphatic rings. The second-order valence-corrected chi connectivity index (χ2v) is 4.95. The topological polar surface area (TPSA) is 0 Å². The van der Waals surface area contributed by atoms with E-state index in [9.17, 15) is 17.6 Å². The van der Waals surface area contributed by atoms with E-state index in [2.05, 4.69) is 0 Å². The Balaban J connectivity index is 2.57. The van der Waals surface area contributed by atoms with Gasteiger partial charge < -0.3 is 0 Å². The van der Waals surface area contributed by atoms with E-state index < -0.39 is 17.6 Å². The maximum absolute atomic E-state index is 13.2. The van der Waals surface area contributed by atoms with Crippen LogP contribution in [0.1, 0.15) is 30.9 Å². The maximum atomic E-state index is 13.2. The largest absolute Gasteiger partial charge is 0.417 e. The summed E-state index contributed by atoms with van der Waals surface area (Å²) >= 11 is 0. The lowest BCUT2D eigenvalue weighted by Crippen LogP contribution is -2.08. The first-order chi connectivity index (χ1) is 9.93. The molecule has 0 fully saturated rings. The highest BCUT2D eigenvalue weighted by Gasteiger charge is 2.34. The highest BCUT2D eigenvalue weighted by Crippen LogP contribution is 2.38. The van der Waals surface area contributed by atoms with Gasteiger partial charge in [-0.3, -0.25) is 0 Å². The molecule has 0 bridgehead atoms. The van der Waals surface area contributed by atoms with Crippen molar-refractivity contribution in [2.24, 2.45) is 0 Å². The standard InChI is InChI=1S/C17H16F4/c1-2-3-6-12-7-4-5-8-14(12)15-10-9-13(18)11-16(15)17(19,20)21/h4-5,7-11H,2-3,6H2,1H3. The number of rotatable bonds is 4. The number of hydrogen-bond donors (Lipinski definition) is 0. The molecule has 0 aliphatic carbocycles. The summed E-state index contributed by atoms with van der Waals surface area (Å²) in [5.74, 6) is -0.878. The van der Waals surface area contributed by atoms with E-state index in [1.165, 1.54) is 6.07 Å². The summed E-state index contributed by atoms with van der Waals surface area (Å²) in [5, 5.41) is 0. The summed E-state index contributed by atoms with van der Waals surface area (Å²) in [6.07, 6.45) is -2.00. The van der Waals surface area contributed by atoms with Crippen molar-refractivity contribution in [3.63, 3.8) is 0 Å². The zero-order chi connectivity index (χ0) is 15.5. The van der Waals surface area contributed by atoms with Gasteiger partial charge in [0.1, 0.15) is 5.82 Å². The predicted molar refractivity (Wildman–Crippen MR) is 75.5 cm³/mol. The second-order valence-electron chi connectivity index (χ2n) is 4.95. The van der Waals surface area contributed by atoms with E-state index in [0.29, 0.717) is 18.1 Å². The van der Waals surface area contributed by atoms with E-state index in [4.69, 9.17) is 0 Å². The van der Waals surface area contributed by atoms with Crippen LogP contribution in [0, 0.1) is 5.82 Å². The number of benzene rings is 2. The normalized spacial score (nSPS) is 11.7. The first-order valence-electron chi connectivity index (χ1n) is 6.88. The van der Waals surface area contributed by atoms with Crippen LogP contribution in [0.25, 0.3) is 11.1 Å². The monoisotopic (exact) mass is 296 g/mol. The summed E-state index contributed by atoms with van der Waals surface area (Å²) in [6, 6.07) is 9.84. The molecule has 0 saturated carbocycles. The minimum absolute atomic E-state index is 0.0376. The van der Waals surface area contributed by atoms with Gasteiger partial charge in [0.15, 0.2) is 0 Å². The van der Waals surface area contributed by atoms with Crippen LogP contribution in [-0.2, 0) is 12.6 Å². The third-order valence-electron chi connectivity index (χ3n) is 3.39. The number of halogens is 4. The van der Waals surface area contributed by atoms with E-state index in [1.54, 1.807) is 12.1 Å². The van der Waals surface area contributed by atoms with Crippen molar-refractivity contribution in [1.82, 2.24) is 0 Å². The molecular formula is C17H16F4. The third-order valence-corrected chi connectivity index (χ3v) is 3.39. The Bertz CT molecular complexity index is 614. The third kappa shape index (κ3) is 3.63. The lowest BCUT2D eigenvalue weighted by atomic mass is 9.92. The summed E-state index contributed by atoms with van der Waals surface area (Å²) in [6.45, 7) is 2.03. The molecule has 2 aromatic rings. The van der Waals surface area contributed by atoms with Gasteiger partial charge in [-0.15, -0.1) is 0 Å². The summed E-state index contributed by atoms with van der Waals surface area (Å²) < 4.78 is 52.6. The average Bonchev–Trinajstić information content (AvgIpc) is 2.44. The van der Waals surface area contributed by atoms with E-state index in [1.807, 2.05) is 19.1 Å². The Hall–Kier alpha value is -1.84. The second kappa shape index (κ2) is 6.29. The number of hydrogen-bond acceptors (Lipinski definition) is 0. The molecule has 0 N–H and O–H groups in total. The fourth-order valence-corrected chi connectivity index (χ4v) is 2.35. The van der Waals surface area contributed by atoms with Crippen LogP contribution in [0.2, 0.25) is 0 Å². The van der Waals surface area contributed by atoms with Gasteiger partial charge >= 0.3 is 6.18 Å². The molecule has 0 unspecified atom stereocenters. The van der Waals surface area contributed by atoms with Gasteiger partial charge in [-0.05, 0) is 41.7 Å². The van der Waals surface area contributed by atoms with Gasteiger partial charge in [-0.25, -0.2) is 4.39 Å². The molecule has 4 heteroatoms. The van der Waals surface area contributed by atoms with Gasteiger partial charge in [0.2, 0.25) is 0 Å². The minimum Gasteiger partial charge on any atom is -0.207 e. The first-order valence-corrected chi connectivity index (χ1v) is 6.88. The maximum Gasteiger partial charge on any atom is 0.417 e. The van der Waals surface area contributed by atoms with Crippen LogP contribution in [0.15, 0.2) is 42.5 Å². The molecule has 2 aromatic carbocycles. The van der Waals surface area contributed by atoms with Crippen molar-refractivity contribution < 1.29 is 17.6 Å².